The van der Waals surface area contributed by atoms with E-state index in [9.17, 15) is 9.59 Å². The van der Waals surface area contributed by atoms with Crippen LogP contribution in [-0.2, 0) is 0 Å². The van der Waals surface area contributed by atoms with Gasteiger partial charge in [0.15, 0.2) is 0 Å². The molecule has 7 nitrogen and oxygen atoms in total. The molecule has 3 aromatic rings. The minimum atomic E-state index is -0.455. The van der Waals surface area contributed by atoms with Gasteiger partial charge in [-0.15, -0.1) is 0 Å². The first kappa shape index (κ1) is 22.8. The van der Waals surface area contributed by atoms with Crippen LogP contribution in [0.4, 0.5) is 11.5 Å². The number of carbonyl (C=O) groups is 2. The fourth-order valence-electron chi connectivity index (χ4n) is 3.48. The third-order valence-electron chi connectivity index (χ3n) is 5.15. The molecule has 168 valence electrons. The highest BCUT2D eigenvalue weighted by molar-refractivity contribution is 6.35. The number of pyridine rings is 1. The number of hydrogen-bond donors (Lipinski definition) is 2. The van der Waals surface area contributed by atoms with Gasteiger partial charge in [0.25, 0.3) is 11.8 Å². The van der Waals surface area contributed by atoms with E-state index in [1.54, 1.807) is 36.4 Å². The van der Waals surface area contributed by atoms with Crippen LogP contribution in [-0.4, -0.2) is 47.7 Å². The molecule has 2 N–H and O–H groups in total. The maximum absolute atomic E-state index is 13.0. The lowest BCUT2D eigenvalue weighted by atomic mass is 10.1. The van der Waals surface area contributed by atoms with Crippen LogP contribution in [0, 0.1) is 6.92 Å². The molecule has 0 radical (unpaired) electrons. The fraction of sp³-hybridized carbons (Fsp3) is 0.167. The average Bonchev–Trinajstić information content (AvgIpc) is 3.22. The van der Waals surface area contributed by atoms with E-state index in [1.807, 2.05) is 26.1 Å². The molecule has 0 saturated carbocycles. The molecule has 33 heavy (non-hydrogen) atoms. The molecule has 1 aliphatic rings. The number of carbonyl (C=O) groups excluding carboxylic acids is 2. The van der Waals surface area contributed by atoms with Crippen molar-refractivity contribution in [2.24, 2.45) is 4.99 Å². The lowest BCUT2D eigenvalue weighted by molar-refractivity contribution is 0.102. The average molecular weight is 482 g/mol. The van der Waals surface area contributed by atoms with Crippen LogP contribution in [0.3, 0.4) is 0 Å². The Balaban J connectivity index is 1.56. The van der Waals surface area contributed by atoms with E-state index in [2.05, 4.69) is 25.5 Å². The van der Waals surface area contributed by atoms with Crippen molar-refractivity contribution in [3.8, 4) is 0 Å². The molecular formula is C24H21Cl2N5O2. The summed E-state index contributed by atoms with van der Waals surface area (Å²) in [5.41, 5.74) is 2.60. The molecule has 1 aliphatic heterocycles. The monoisotopic (exact) mass is 481 g/mol. The van der Waals surface area contributed by atoms with Gasteiger partial charge in [0, 0.05) is 30.9 Å². The van der Waals surface area contributed by atoms with E-state index in [0.29, 0.717) is 16.4 Å². The first-order valence-corrected chi connectivity index (χ1v) is 11.0. The number of benzene rings is 2. The SMILES string of the molecule is Cc1cc(Cl)c(NC(=O)c2ccc(C3=NCCN3C)cc2)c(C(=O)Nc2ccc(Cl)cn2)c1. The van der Waals surface area contributed by atoms with Gasteiger partial charge in [-0.2, -0.15) is 0 Å². The molecule has 9 heteroatoms. The van der Waals surface area contributed by atoms with E-state index in [1.165, 1.54) is 6.20 Å². The molecule has 2 heterocycles. The highest BCUT2D eigenvalue weighted by Crippen LogP contribution is 2.29. The Bertz CT molecular complexity index is 1240. The van der Waals surface area contributed by atoms with Crippen molar-refractivity contribution in [2.45, 2.75) is 6.92 Å². The van der Waals surface area contributed by atoms with Crippen molar-refractivity contribution in [1.82, 2.24) is 9.88 Å². The summed E-state index contributed by atoms with van der Waals surface area (Å²) in [6.07, 6.45) is 1.43. The molecular weight excluding hydrogens is 461 g/mol. The smallest absolute Gasteiger partial charge is 0.258 e. The molecule has 1 aromatic heterocycles. The zero-order chi connectivity index (χ0) is 23.5. The second-order valence-electron chi connectivity index (χ2n) is 7.64. The van der Waals surface area contributed by atoms with Crippen LogP contribution >= 0.6 is 23.2 Å². The summed E-state index contributed by atoms with van der Waals surface area (Å²) in [7, 11) is 1.98. The molecule has 0 atom stereocenters. The number of rotatable bonds is 5. The number of aliphatic imine (C=N–C) groups is 1. The number of aromatic nitrogens is 1. The molecule has 0 fully saturated rings. The summed E-state index contributed by atoms with van der Waals surface area (Å²) in [5, 5.41) is 6.20. The van der Waals surface area contributed by atoms with Crippen molar-refractivity contribution in [2.75, 3.05) is 30.8 Å². The van der Waals surface area contributed by atoms with E-state index >= 15 is 0 Å². The van der Waals surface area contributed by atoms with E-state index in [4.69, 9.17) is 23.2 Å². The normalized spacial score (nSPS) is 13.0. The Morgan fingerprint density at radius 2 is 1.76 bits per heavy atom. The number of amidine groups is 1. The van der Waals surface area contributed by atoms with E-state index < -0.39 is 5.91 Å². The van der Waals surface area contributed by atoms with Crippen molar-refractivity contribution in [3.63, 3.8) is 0 Å². The van der Waals surface area contributed by atoms with Crippen LogP contribution in [0.5, 0.6) is 0 Å². The first-order valence-electron chi connectivity index (χ1n) is 10.2. The summed E-state index contributed by atoms with van der Waals surface area (Å²) in [5.74, 6) is 0.393. The van der Waals surface area contributed by atoms with Crippen LogP contribution in [0.25, 0.3) is 0 Å². The van der Waals surface area contributed by atoms with Gasteiger partial charge in [-0.1, -0.05) is 35.3 Å². The predicted molar refractivity (Wildman–Crippen MR) is 132 cm³/mol. The van der Waals surface area contributed by atoms with Gasteiger partial charge < -0.3 is 15.5 Å². The number of hydrogen-bond acceptors (Lipinski definition) is 5. The van der Waals surface area contributed by atoms with Crippen molar-refractivity contribution in [1.29, 1.82) is 0 Å². The molecule has 0 aliphatic carbocycles. The number of nitrogens with one attached hydrogen (secondary N) is 2. The molecule has 0 bridgehead atoms. The lowest BCUT2D eigenvalue weighted by Crippen LogP contribution is -2.23. The molecule has 4 rings (SSSR count). The summed E-state index contributed by atoms with van der Waals surface area (Å²) in [6.45, 7) is 3.45. The maximum atomic E-state index is 13.0. The summed E-state index contributed by atoms with van der Waals surface area (Å²) in [4.78, 5) is 36.5. The van der Waals surface area contributed by atoms with Gasteiger partial charge in [0.05, 0.1) is 27.8 Å². The third-order valence-corrected chi connectivity index (χ3v) is 5.67. The van der Waals surface area contributed by atoms with Gasteiger partial charge in [0.1, 0.15) is 11.7 Å². The summed E-state index contributed by atoms with van der Waals surface area (Å²) in [6, 6.07) is 13.7. The number of halogens is 2. The quantitative estimate of drug-likeness (QED) is 0.542. The number of amides is 2. The molecule has 0 unspecified atom stereocenters. The zero-order valence-corrected chi connectivity index (χ0v) is 19.5. The van der Waals surface area contributed by atoms with Crippen molar-refractivity contribution >= 4 is 52.4 Å². The number of anilines is 2. The second kappa shape index (κ2) is 9.60. The number of nitrogens with zero attached hydrogens (tertiary/aromatic N) is 3. The minimum absolute atomic E-state index is 0.225. The van der Waals surface area contributed by atoms with Gasteiger partial charge in [-0.3, -0.25) is 14.6 Å². The largest absolute Gasteiger partial charge is 0.358 e. The fourth-order valence-corrected chi connectivity index (χ4v) is 3.92. The molecule has 0 saturated heterocycles. The Hall–Kier alpha value is -3.42. The minimum Gasteiger partial charge on any atom is -0.358 e. The molecule has 2 aromatic carbocycles. The van der Waals surface area contributed by atoms with Crippen LogP contribution in [0.1, 0.15) is 31.8 Å². The van der Waals surface area contributed by atoms with Crippen molar-refractivity contribution in [3.05, 3.63) is 87.0 Å². The zero-order valence-electron chi connectivity index (χ0n) is 18.0. The lowest BCUT2D eigenvalue weighted by Gasteiger charge is -2.15. The van der Waals surface area contributed by atoms with Crippen LogP contribution < -0.4 is 10.6 Å². The van der Waals surface area contributed by atoms with Crippen molar-refractivity contribution < 1.29 is 9.59 Å². The topological polar surface area (TPSA) is 86.7 Å². The Morgan fingerprint density at radius 3 is 2.39 bits per heavy atom. The van der Waals surface area contributed by atoms with Gasteiger partial charge >= 0.3 is 0 Å². The van der Waals surface area contributed by atoms with E-state index in [0.717, 1.165) is 30.1 Å². The Labute approximate surface area is 201 Å². The van der Waals surface area contributed by atoms with Gasteiger partial charge in [-0.05, 0) is 48.9 Å². The first-order chi connectivity index (χ1) is 15.8. The maximum Gasteiger partial charge on any atom is 0.258 e. The number of aryl methyl sites for hydroxylation is 1. The van der Waals surface area contributed by atoms with Gasteiger partial charge in [-0.25, -0.2) is 4.98 Å². The van der Waals surface area contributed by atoms with Gasteiger partial charge in [0.2, 0.25) is 0 Å². The highest BCUT2D eigenvalue weighted by Gasteiger charge is 2.20. The summed E-state index contributed by atoms with van der Waals surface area (Å²) < 4.78 is 0. The molecule has 0 spiro atoms. The van der Waals surface area contributed by atoms with Crippen LogP contribution in [0.2, 0.25) is 10.0 Å². The predicted octanol–water partition coefficient (Wildman–Crippen LogP) is 4.89. The second-order valence-corrected chi connectivity index (χ2v) is 8.49. The standard InChI is InChI=1S/C24H21Cl2N5O2/c1-14-11-18(24(33)29-20-8-7-17(25)13-28-20)21(19(26)12-14)30-23(32)16-5-3-15(4-6-16)22-27-9-10-31(22)2/h3-8,11-13H,9-10H2,1-2H3,(H,30,32)(H,28,29,33). The van der Waals surface area contributed by atoms with Crippen LogP contribution in [0.15, 0.2) is 59.7 Å². The highest BCUT2D eigenvalue weighted by atomic mass is 35.5. The number of likely N-dealkylation sites (N-methyl/N-ethyl adjacent to an activating group) is 1. The third kappa shape index (κ3) is 5.16. The Morgan fingerprint density at radius 1 is 1.00 bits per heavy atom. The molecule has 2 amide bonds. The summed E-state index contributed by atoms with van der Waals surface area (Å²) >= 11 is 12.3. The Kier molecular flexibility index (Phi) is 6.62. The van der Waals surface area contributed by atoms with E-state index in [-0.39, 0.29) is 22.2 Å².